The molecule has 0 heterocycles. The highest BCUT2D eigenvalue weighted by atomic mass is 16.5. The largest absolute Gasteiger partial charge is 0.497 e. The zero-order valence-electron chi connectivity index (χ0n) is 10.7. The number of rotatable bonds is 4. The van der Waals surface area contributed by atoms with Crippen molar-refractivity contribution in [2.24, 2.45) is 10.7 Å². The quantitative estimate of drug-likeness (QED) is 0.619. The summed E-state index contributed by atoms with van der Waals surface area (Å²) in [5.41, 5.74) is 6.49. The van der Waals surface area contributed by atoms with Crippen LogP contribution in [0.5, 0.6) is 11.5 Å². The molecule has 0 aromatic heterocycles. The summed E-state index contributed by atoms with van der Waals surface area (Å²) in [6, 6.07) is 5.57. The molecule has 0 radical (unpaired) electrons. The molecule has 0 spiro atoms. The molecule has 0 fully saturated rings. The highest BCUT2D eigenvalue weighted by Gasteiger charge is 2.06. The lowest BCUT2D eigenvalue weighted by atomic mass is 10.2. The first-order valence-corrected chi connectivity index (χ1v) is 5.39. The lowest BCUT2D eigenvalue weighted by Crippen LogP contribution is -2.24. The molecule has 5 nitrogen and oxygen atoms in total. The van der Waals surface area contributed by atoms with Crippen LogP contribution in [0.25, 0.3) is 0 Å². The fourth-order valence-corrected chi connectivity index (χ4v) is 1.36. The van der Waals surface area contributed by atoms with Crippen LogP contribution in [0, 0.1) is 0 Å². The zero-order chi connectivity index (χ0) is 12.8. The van der Waals surface area contributed by atoms with Crippen LogP contribution in [0.1, 0.15) is 13.8 Å². The van der Waals surface area contributed by atoms with Gasteiger partial charge in [0, 0.05) is 12.1 Å². The Labute approximate surface area is 102 Å². The fourth-order valence-electron chi connectivity index (χ4n) is 1.36. The van der Waals surface area contributed by atoms with E-state index in [0.29, 0.717) is 11.7 Å². The van der Waals surface area contributed by atoms with Crippen LogP contribution < -0.4 is 20.5 Å². The maximum absolute atomic E-state index is 5.76. The zero-order valence-corrected chi connectivity index (χ0v) is 10.7. The number of nitrogens with two attached hydrogens (primary N) is 1. The molecule has 0 aliphatic carbocycles. The maximum Gasteiger partial charge on any atom is 0.193 e. The molecule has 0 saturated carbocycles. The van der Waals surface area contributed by atoms with Crippen LogP contribution in [-0.4, -0.2) is 26.2 Å². The van der Waals surface area contributed by atoms with Crippen LogP contribution >= 0.6 is 0 Å². The van der Waals surface area contributed by atoms with Gasteiger partial charge in [-0.15, -0.1) is 0 Å². The van der Waals surface area contributed by atoms with Crippen molar-refractivity contribution in [3.63, 3.8) is 0 Å². The second-order valence-electron chi connectivity index (χ2n) is 3.80. The standard InChI is InChI=1S/C12H19N3O2/c1-8(2)14-12(13)15-10-7-9(16-3)5-6-11(10)17-4/h5-8H,1-4H3,(H3,13,14,15). The molecule has 3 N–H and O–H groups in total. The van der Waals surface area contributed by atoms with E-state index in [2.05, 4.69) is 10.3 Å². The van der Waals surface area contributed by atoms with Crippen LogP contribution in [0.3, 0.4) is 0 Å². The van der Waals surface area contributed by atoms with E-state index in [0.717, 1.165) is 11.4 Å². The molecule has 94 valence electrons. The lowest BCUT2D eigenvalue weighted by molar-refractivity contribution is 0.405. The van der Waals surface area contributed by atoms with E-state index in [1.165, 1.54) is 0 Å². The van der Waals surface area contributed by atoms with Gasteiger partial charge < -0.3 is 20.5 Å². The van der Waals surface area contributed by atoms with Crippen LogP contribution in [0.15, 0.2) is 23.2 Å². The first-order chi connectivity index (χ1) is 8.06. The summed E-state index contributed by atoms with van der Waals surface area (Å²) in [5, 5.41) is 2.99. The van der Waals surface area contributed by atoms with Crippen molar-refractivity contribution in [1.29, 1.82) is 0 Å². The molecule has 0 atom stereocenters. The number of hydrogen-bond acceptors (Lipinski definition) is 3. The molecule has 0 amide bonds. The summed E-state index contributed by atoms with van der Waals surface area (Å²) >= 11 is 0. The van der Waals surface area contributed by atoms with Crippen molar-refractivity contribution < 1.29 is 9.47 Å². The summed E-state index contributed by atoms with van der Waals surface area (Å²) in [6.07, 6.45) is 0. The average Bonchev–Trinajstić information content (AvgIpc) is 2.27. The predicted octanol–water partition coefficient (Wildman–Crippen LogP) is 1.84. The van der Waals surface area contributed by atoms with Gasteiger partial charge in [0.1, 0.15) is 11.5 Å². The van der Waals surface area contributed by atoms with E-state index in [1.807, 2.05) is 32.0 Å². The Bertz CT molecular complexity index is 403. The Morgan fingerprint density at radius 3 is 2.53 bits per heavy atom. The smallest absolute Gasteiger partial charge is 0.193 e. The van der Waals surface area contributed by atoms with Gasteiger partial charge in [0.15, 0.2) is 5.96 Å². The van der Waals surface area contributed by atoms with Gasteiger partial charge in [-0.2, -0.15) is 0 Å². The maximum atomic E-state index is 5.76. The molecule has 17 heavy (non-hydrogen) atoms. The van der Waals surface area contributed by atoms with E-state index in [-0.39, 0.29) is 6.04 Å². The third-order valence-corrected chi connectivity index (χ3v) is 2.07. The molecule has 0 aliphatic rings. The molecule has 0 unspecified atom stereocenters. The molecular formula is C12H19N3O2. The predicted molar refractivity (Wildman–Crippen MR) is 69.9 cm³/mol. The number of methoxy groups -OCH3 is 2. The monoisotopic (exact) mass is 237 g/mol. The third kappa shape index (κ3) is 3.86. The molecule has 5 heteroatoms. The fraction of sp³-hybridized carbons (Fsp3) is 0.417. The van der Waals surface area contributed by atoms with E-state index >= 15 is 0 Å². The minimum absolute atomic E-state index is 0.138. The summed E-state index contributed by atoms with van der Waals surface area (Å²) in [5.74, 6) is 1.77. The van der Waals surface area contributed by atoms with Crippen LogP contribution in [0.2, 0.25) is 0 Å². The van der Waals surface area contributed by atoms with Gasteiger partial charge in [0.25, 0.3) is 0 Å². The molecule has 0 aliphatic heterocycles. The van der Waals surface area contributed by atoms with Crippen LogP contribution in [-0.2, 0) is 0 Å². The number of hydrogen-bond donors (Lipinski definition) is 2. The second-order valence-corrected chi connectivity index (χ2v) is 3.80. The van der Waals surface area contributed by atoms with Crippen molar-refractivity contribution in [3.05, 3.63) is 18.2 Å². The van der Waals surface area contributed by atoms with Gasteiger partial charge in [0.2, 0.25) is 0 Å². The summed E-state index contributed by atoms with van der Waals surface area (Å²) in [4.78, 5) is 4.19. The molecule has 1 aromatic rings. The van der Waals surface area contributed by atoms with Crippen molar-refractivity contribution >= 4 is 11.6 Å². The molecule has 0 bridgehead atoms. The summed E-state index contributed by atoms with van der Waals surface area (Å²) < 4.78 is 10.4. The average molecular weight is 237 g/mol. The lowest BCUT2D eigenvalue weighted by Gasteiger charge is -2.12. The minimum Gasteiger partial charge on any atom is -0.497 e. The highest BCUT2D eigenvalue weighted by molar-refractivity contribution is 5.94. The number of anilines is 1. The summed E-state index contributed by atoms with van der Waals surface area (Å²) in [6.45, 7) is 3.91. The normalized spacial score (nSPS) is 11.5. The van der Waals surface area contributed by atoms with Gasteiger partial charge >= 0.3 is 0 Å². The van der Waals surface area contributed by atoms with Gasteiger partial charge in [-0.1, -0.05) is 0 Å². The number of nitrogens with zero attached hydrogens (tertiary/aromatic N) is 1. The highest BCUT2D eigenvalue weighted by Crippen LogP contribution is 2.28. The van der Waals surface area contributed by atoms with Crippen LogP contribution in [0.4, 0.5) is 5.69 Å². The number of nitrogens with one attached hydrogen (secondary N) is 1. The number of ether oxygens (including phenoxy) is 2. The Morgan fingerprint density at radius 2 is 2.00 bits per heavy atom. The van der Waals surface area contributed by atoms with Crippen molar-refractivity contribution in [1.82, 2.24) is 0 Å². The van der Waals surface area contributed by atoms with E-state index in [9.17, 15) is 0 Å². The Balaban J connectivity index is 2.95. The van der Waals surface area contributed by atoms with Gasteiger partial charge in [-0.25, -0.2) is 0 Å². The van der Waals surface area contributed by atoms with Crippen molar-refractivity contribution in [3.8, 4) is 11.5 Å². The minimum atomic E-state index is 0.138. The van der Waals surface area contributed by atoms with Gasteiger partial charge in [-0.05, 0) is 26.0 Å². The second kappa shape index (κ2) is 5.98. The SMILES string of the molecule is COc1ccc(OC)c(NC(N)=NC(C)C)c1. The summed E-state index contributed by atoms with van der Waals surface area (Å²) in [7, 11) is 3.21. The van der Waals surface area contributed by atoms with E-state index in [1.54, 1.807) is 14.2 Å². The topological polar surface area (TPSA) is 68.9 Å². The van der Waals surface area contributed by atoms with Gasteiger partial charge in [-0.3, -0.25) is 4.99 Å². The van der Waals surface area contributed by atoms with Crippen molar-refractivity contribution in [2.45, 2.75) is 19.9 Å². The first-order valence-electron chi connectivity index (χ1n) is 5.39. The Morgan fingerprint density at radius 1 is 1.29 bits per heavy atom. The molecule has 1 rings (SSSR count). The molecular weight excluding hydrogens is 218 g/mol. The Hall–Kier alpha value is -1.91. The van der Waals surface area contributed by atoms with E-state index in [4.69, 9.17) is 15.2 Å². The number of aliphatic imine (C=N–C) groups is 1. The molecule has 0 saturated heterocycles. The molecule has 1 aromatic carbocycles. The van der Waals surface area contributed by atoms with Crippen molar-refractivity contribution in [2.75, 3.05) is 19.5 Å². The Kier molecular flexibility index (Phi) is 4.63. The van der Waals surface area contributed by atoms with Gasteiger partial charge in [0.05, 0.1) is 19.9 Å². The number of benzene rings is 1. The first kappa shape index (κ1) is 13.2. The third-order valence-electron chi connectivity index (χ3n) is 2.07. The number of guanidine groups is 1. The van der Waals surface area contributed by atoms with E-state index < -0.39 is 0 Å².